The van der Waals surface area contributed by atoms with E-state index < -0.39 is 11.8 Å². The molecule has 16 heavy (non-hydrogen) atoms. The van der Waals surface area contributed by atoms with Crippen molar-refractivity contribution in [1.29, 1.82) is 0 Å². The number of alkyl halides is 1. The van der Waals surface area contributed by atoms with Crippen LogP contribution in [0.25, 0.3) is 0 Å². The summed E-state index contributed by atoms with van der Waals surface area (Å²) in [6, 6.07) is 4.47. The molecule has 5 nitrogen and oxygen atoms in total. The number of hydrogen-bond acceptors (Lipinski definition) is 3. The summed E-state index contributed by atoms with van der Waals surface area (Å²) in [7, 11) is 0. The Bertz CT molecular complexity index is 499. The Kier molecular flexibility index (Phi) is 2.62. The first-order valence-corrected chi connectivity index (χ1v) is 5.01. The average molecular weight is 239 g/mol. The van der Waals surface area contributed by atoms with E-state index in [1.807, 2.05) is 0 Å². The second-order valence-electron chi connectivity index (χ2n) is 3.23. The van der Waals surface area contributed by atoms with Crippen molar-refractivity contribution < 1.29 is 14.4 Å². The monoisotopic (exact) mass is 238 g/mol. The van der Waals surface area contributed by atoms with Gasteiger partial charge in [0.15, 0.2) is 0 Å². The van der Waals surface area contributed by atoms with Gasteiger partial charge in [0.25, 0.3) is 11.8 Å². The molecular formula is C10H7ClN2O3. The summed E-state index contributed by atoms with van der Waals surface area (Å²) in [5.41, 5.74) is 1.01. The lowest BCUT2D eigenvalue weighted by Crippen LogP contribution is -2.19. The maximum Gasteiger partial charge on any atom is 0.259 e. The third-order valence-electron chi connectivity index (χ3n) is 2.14. The van der Waals surface area contributed by atoms with Crippen molar-refractivity contribution in [1.82, 2.24) is 5.32 Å². The molecule has 0 aromatic heterocycles. The number of amides is 3. The molecule has 0 aliphatic carbocycles. The van der Waals surface area contributed by atoms with Crippen molar-refractivity contribution in [2.75, 3.05) is 11.2 Å². The minimum atomic E-state index is -0.457. The van der Waals surface area contributed by atoms with E-state index >= 15 is 0 Å². The van der Waals surface area contributed by atoms with E-state index in [2.05, 4.69) is 10.6 Å². The first-order valence-electron chi connectivity index (χ1n) is 4.47. The van der Waals surface area contributed by atoms with Crippen LogP contribution in [0.4, 0.5) is 5.69 Å². The molecule has 82 valence electrons. The summed E-state index contributed by atoms with van der Waals surface area (Å²) < 4.78 is 0. The highest BCUT2D eigenvalue weighted by Gasteiger charge is 2.26. The molecule has 0 bridgehead atoms. The van der Waals surface area contributed by atoms with Crippen LogP contribution < -0.4 is 10.6 Å². The SMILES string of the molecule is O=C(CCl)Nc1ccc2c(c1)C(=O)NC2=O. The number of rotatable bonds is 2. The van der Waals surface area contributed by atoms with Gasteiger partial charge in [0.1, 0.15) is 5.88 Å². The van der Waals surface area contributed by atoms with Gasteiger partial charge in [0.05, 0.1) is 11.1 Å². The van der Waals surface area contributed by atoms with Crippen LogP contribution >= 0.6 is 11.6 Å². The van der Waals surface area contributed by atoms with Gasteiger partial charge < -0.3 is 5.32 Å². The molecule has 0 saturated carbocycles. The van der Waals surface area contributed by atoms with Crippen LogP contribution in [0.1, 0.15) is 20.7 Å². The highest BCUT2D eigenvalue weighted by Crippen LogP contribution is 2.20. The number of anilines is 1. The van der Waals surface area contributed by atoms with Crippen LogP contribution in [0.15, 0.2) is 18.2 Å². The number of imide groups is 1. The lowest BCUT2D eigenvalue weighted by atomic mass is 10.1. The Balaban J connectivity index is 2.33. The zero-order valence-electron chi connectivity index (χ0n) is 8.04. The summed E-state index contributed by atoms with van der Waals surface area (Å²) in [4.78, 5) is 33.6. The third-order valence-corrected chi connectivity index (χ3v) is 2.38. The zero-order valence-corrected chi connectivity index (χ0v) is 8.80. The number of benzene rings is 1. The smallest absolute Gasteiger partial charge is 0.259 e. The van der Waals surface area contributed by atoms with Crippen LogP contribution in [0.3, 0.4) is 0 Å². The summed E-state index contributed by atoms with van der Waals surface area (Å²) in [6.45, 7) is 0. The van der Waals surface area contributed by atoms with Gasteiger partial charge in [-0.2, -0.15) is 0 Å². The third kappa shape index (κ3) is 1.77. The first kappa shape index (κ1) is 10.6. The molecule has 2 N–H and O–H groups in total. The average Bonchev–Trinajstić information content (AvgIpc) is 2.54. The lowest BCUT2D eigenvalue weighted by molar-refractivity contribution is -0.113. The first-order chi connectivity index (χ1) is 7.61. The van der Waals surface area contributed by atoms with Gasteiger partial charge in [-0.25, -0.2) is 0 Å². The van der Waals surface area contributed by atoms with E-state index in [0.29, 0.717) is 11.3 Å². The van der Waals surface area contributed by atoms with Gasteiger partial charge >= 0.3 is 0 Å². The normalized spacial score (nSPS) is 13.3. The molecule has 0 radical (unpaired) electrons. The second-order valence-corrected chi connectivity index (χ2v) is 3.49. The van der Waals surface area contributed by atoms with Crippen LogP contribution in [-0.2, 0) is 4.79 Å². The fourth-order valence-electron chi connectivity index (χ4n) is 1.44. The van der Waals surface area contributed by atoms with E-state index in [4.69, 9.17) is 11.6 Å². The van der Waals surface area contributed by atoms with Gasteiger partial charge in [0.2, 0.25) is 5.91 Å². The molecule has 3 amide bonds. The molecule has 1 aromatic rings. The standard InChI is InChI=1S/C10H7ClN2O3/c11-4-8(14)12-5-1-2-6-7(3-5)10(16)13-9(6)15/h1-3H,4H2,(H,12,14)(H,13,15,16). The lowest BCUT2D eigenvalue weighted by Gasteiger charge is -2.03. The zero-order chi connectivity index (χ0) is 11.7. The van der Waals surface area contributed by atoms with E-state index in [-0.39, 0.29) is 17.4 Å². The Morgan fingerprint density at radius 1 is 1.25 bits per heavy atom. The Hall–Kier alpha value is -1.88. The Morgan fingerprint density at radius 2 is 1.94 bits per heavy atom. The molecular weight excluding hydrogens is 232 g/mol. The molecule has 1 heterocycles. The van der Waals surface area contributed by atoms with Gasteiger partial charge in [-0.05, 0) is 18.2 Å². The van der Waals surface area contributed by atoms with Crippen LogP contribution in [-0.4, -0.2) is 23.6 Å². The second kappa shape index (κ2) is 3.94. The van der Waals surface area contributed by atoms with Crippen molar-refractivity contribution in [3.05, 3.63) is 29.3 Å². The van der Waals surface area contributed by atoms with Crippen LogP contribution in [0, 0.1) is 0 Å². The van der Waals surface area contributed by atoms with E-state index in [1.165, 1.54) is 12.1 Å². The minimum absolute atomic E-state index is 0.164. The Labute approximate surface area is 95.8 Å². The van der Waals surface area contributed by atoms with E-state index in [9.17, 15) is 14.4 Å². The van der Waals surface area contributed by atoms with Crippen molar-refractivity contribution in [2.45, 2.75) is 0 Å². The number of nitrogens with one attached hydrogen (secondary N) is 2. The molecule has 1 aliphatic rings. The molecule has 0 fully saturated rings. The van der Waals surface area contributed by atoms with Crippen molar-refractivity contribution in [3.8, 4) is 0 Å². The van der Waals surface area contributed by atoms with E-state index in [0.717, 1.165) is 0 Å². The summed E-state index contributed by atoms with van der Waals surface area (Å²) in [5, 5.41) is 4.65. The molecule has 0 saturated heterocycles. The maximum atomic E-state index is 11.3. The van der Waals surface area contributed by atoms with Crippen LogP contribution in [0.2, 0.25) is 0 Å². The maximum absolute atomic E-state index is 11.3. The summed E-state index contributed by atoms with van der Waals surface area (Å²) in [5.74, 6) is -1.41. The van der Waals surface area contributed by atoms with Gasteiger partial charge in [-0.3, -0.25) is 19.7 Å². The largest absolute Gasteiger partial charge is 0.325 e. The minimum Gasteiger partial charge on any atom is -0.325 e. The Morgan fingerprint density at radius 3 is 2.62 bits per heavy atom. The summed E-state index contributed by atoms with van der Waals surface area (Å²) in [6.07, 6.45) is 0. The molecule has 1 aromatic carbocycles. The van der Waals surface area contributed by atoms with Crippen molar-refractivity contribution in [3.63, 3.8) is 0 Å². The van der Waals surface area contributed by atoms with Gasteiger partial charge in [-0.1, -0.05) is 0 Å². The molecule has 0 unspecified atom stereocenters. The summed E-state index contributed by atoms with van der Waals surface area (Å²) >= 11 is 5.33. The number of halogens is 1. The fourth-order valence-corrected chi connectivity index (χ4v) is 1.51. The van der Waals surface area contributed by atoms with Crippen molar-refractivity contribution >= 4 is 35.0 Å². The van der Waals surface area contributed by atoms with Gasteiger partial charge in [0, 0.05) is 5.69 Å². The fraction of sp³-hybridized carbons (Fsp3) is 0.100. The number of carbonyl (C=O) groups is 3. The molecule has 6 heteroatoms. The van der Waals surface area contributed by atoms with Gasteiger partial charge in [-0.15, -0.1) is 11.6 Å². The highest BCUT2D eigenvalue weighted by molar-refractivity contribution is 6.29. The number of hydrogen-bond donors (Lipinski definition) is 2. The predicted octanol–water partition coefficient (Wildman–Crippen LogP) is 0.748. The quantitative estimate of drug-likeness (QED) is 0.590. The topological polar surface area (TPSA) is 75.3 Å². The number of carbonyl (C=O) groups excluding carboxylic acids is 3. The van der Waals surface area contributed by atoms with Crippen molar-refractivity contribution in [2.24, 2.45) is 0 Å². The molecule has 0 atom stereocenters. The highest BCUT2D eigenvalue weighted by atomic mass is 35.5. The van der Waals surface area contributed by atoms with E-state index in [1.54, 1.807) is 6.07 Å². The molecule has 0 spiro atoms. The molecule has 2 rings (SSSR count). The predicted molar refractivity (Wildman–Crippen MR) is 57.6 cm³/mol. The van der Waals surface area contributed by atoms with Crippen LogP contribution in [0.5, 0.6) is 0 Å². The number of fused-ring (bicyclic) bond motifs is 1. The molecule has 1 aliphatic heterocycles.